The van der Waals surface area contributed by atoms with Crippen molar-refractivity contribution in [2.75, 3.05) is 6.61 Å². The normalized spacial score (nSPS) is 11.5. The third-order valence-corrected chi connectivity index (χ3v) is 3.33. The first-order valence-corrected chi connectivity index (χ1v) is 7.51. The summed E-state index contributed by atoms with van der Waals surface area (Å²) < 4.78 is 11.7. The molecule has 112 valence electrons. The minimum atomic E-state index is -0.549. The van der Waals surface area contributed by atoms with E-state index in [1.54, 1.807) is 0 Å². The smallest absolute Gasteiger partial charge is 0.163 e. The predicted octanol–water partition coefficient (Wildman–Crippen LogP) is 4.59. The van der Waals surface area contributed by atoms with Gasteiger partial charge in [0, 0.05) is 0 Å². The molecule has 2 nitrogen and oxygen atoms in total. The van der Waals surface area contributed by atoms with Crippen LogP contribution >= 0.6 is 0 Å². The lowest BCUT2D eigenvalue weighted by Crippen LogP contribution is -2.28. The largest absolute Gasteiger partial charge is 0.351 e. The zero-order valence-electron chi connectivity index (χ0n) is 12.9. The van der Waals surface area contributed by atoms with E-state index in [2.05, 4.69) is 36.4 Å². The van der Waals surface area contributed by atoms with Crippen molar-refractivity contribution in [3.05, 3.63) is 71.8 Å². The fourth-order valence-electron chi connectivity index (χ4n) is 2.11. The van der Waals surface area contributed by atoms with E-state index in [4.69, 9.17) is 9.47 Å². The van der Waals surface area contributed by atoms with E-state index in [9.17, 15) is 0 Å². The Hall–Kier alpha value is -1.64. The third-order valence-electron chi connectivity index (χ3n) is 3.33. The first kappa shape index (κ1) is 15.7. The summed E-state index contributed by atoms with van der Waals surface area (Å²) in [5.74, 6) is -0.549. The molecule has 0 aliphatic rings. The van der Waals surface area contributed by atoms with E-state index in [1.807, 2.05) is 38.1 Å². The van der Waals surface area contributed by atoms with E-state index < -0.39 is 5.79 Å². The van der Waals surface area contributed by atoms with Crippen LogP contribution in [0.25, 0.3) is 0 Å². The Labute approximate surface area is 127 Å². The lowest BCUT2D eigenvalue weighted by atomic mass is 10.1. The van der Waals surface area contributed by atoms with Crippen LogP contribution < -0.4 is 0 Å². The first-order valence-electron chi connectivity index (χ1n) is 7.51. The highest BCUT2D eigenvalue weighted by molar-refractivity contribution is 5.14. The van der Waals surface area contributed by atoms with Gasteiger partial charge in [0.25, 0.3) is 0 Å². The molecule has 0 saturated heterocycles. The molecule has 0 amide bonds. The van der Waals surface area contributed by atoms with E-state index in [0.29, 0.717) is 13.2 Å². The molecule has 0 atom stereocenters. The highest BCUT2D eigenvalue weighted by Gasteiger charge is 2.18. The molecule has 2 aromatic carbocycles. The van der Waals surface area contributed by atoms with Gasteiger partial charge in [-0.2, -0.15) is 0 Å². The minimum Gasteiger partial charge on any atom is -0.351 e. The topological polar surface area (TPSA) is 18.5 Å². The lowest BCUT2D eigenvalue weighted by molar-refractivity contribution is -0.220. The van der Waals surface area contributed by atoms with Gasteiger partial charge in [-0.25, -0.2) is 0 Å². The van der Waals surface area contributed by atoms with Gasteiger partial charge in [0.15, 0.2) is 5.79 Å². The van der Waals surface area contributed by atoms with Gasteiger partial charge in [-0.1, -0.05) is 60.7 Å². The molecule has 0 fully saturated rings. The molecule has 21 heavy (non-hydrogen) atoms. The van der Waals surface area contributed by atoms with Crippen molar-refractivity contribution in [1.82, 2.24) is 0 Å². The summed E-state index contributed by atoms with van der Waals surface area (Å²) in [6.07, 6.45) is 2.04. The zero-order chi connectivity index (χ0) is 15.0. The standard InChI is InChI=1S/C19H24O2/c1-19(2,21-16-18-12-7-4-8-13-18)20-15-9-14-17-10-5-3-6-11-17/h3-8,10-13H,9,14-16H2,1-2H3. The summed E-state index contributed by atoms with van der Waals surface area (Å²) >= 11 is 0. The molecule has 2 heteroatoms. The number of ether oxygens (including phenoxy) is 2. The lowest BCUT2D eigenvalue weighted by Gasteiger charge is -2.26. The van der Waals surface area contributed by atoms with E-state index in [-0.39, 0.29) is 0 Å². The SMILES string of the molecule is CC(C)(OCCCc1ccccc1)OCc1ccccc1. The maximum atomic E-state index is 5.85. The summed E-state index contributed by atoms with van der Waals surface area (Å²) in [4.78, 5) is 0. The van der Waals surface area contributed by atoms with Crippen LogP contribution in [0.3, 0.4) is 0 Å². The van der Waals surface area contributed by atoms with Crippen LogP contribution in [0.5, 0.6) is 0 Å². The molecular weight excluding hydrogens is 260 g/mol. The minimum absolute atomic E-state index is 0.549. The monoisotopic (exact) mass is 284 g/mol. The summed E-state index contributed by atoms with van der Waals surface area (Å²) in [5, 5.41) is 0. The Balaban J connectivity index is 1.66. The molecule has 0 aliphatic heterocycles. The quantitative estimate of drug-likeness (QED) is 0.521. The van der Waals surface area contributed by atoms with Crippen LogP contribution in [-0.2, 0) is 22.5 Å². The van der Waals surface area contributed by atoms with Crippen molar-refractivity contribution in [3.8, 4) is 0 Å². The van der Waals surface area contributed by atoms with Crippen molar-refractivity contribution >= 4 is 0 Å². The van der Waals surface area contributed by atoms with Gasteiger partial charge in [0.2, 0.25) is 0 Å². The van der Waals surface area contributed by atoms with Crippen molar-refractivity contribution in [2.45, 2.75) is 39.1 Å². The Morgan fingerprint density at radius 3 is 1.95 bits per heavy atom. The van der Waals surface area contributed by atoms with E-state index in [0.717, 1.165) is 12.8 Å². The number of aryl methyl sites for hydroxylation is 1. The second-order valence-corrected chi connectivity index (χ2v) is 5.61. The second-order valence-electron chi connectivity index (χ2n) is 5.61. The van der Waals surface area contributed by atoms with E-state index in [1.165, 1.54) is 11.1 Å². The molecule has 0 unspecified atom stereocenters. The Bertz CT molecular complexity index is 506. The van der Waals surface area contributed by atoms with Crippen LogP contribution in [0.4, 0.5) is 0 Å². The molecule has 0 radical (unpaired) electrons. The van der Waals surface area contributed by atoms with Crippen LogP contribution in [0, 0.1) is 0 Å². The predicted molar refractivity (Wildman–Crippen MR) is 86.0 cm³/mol. The molecule has 0 heterocycles. The van der Waals surface area contributed by atoms with Crippen molar-refractivity contribution in [1.29, 1.82) is 0 Å². The van der Waals surface area contributed by atoms with Crippen LogP contribution in [0.2, 0.25) is 0 Å². The maximum absolute atomic E-state index is 5.85. The van der Waals surface area contributed by atoms with Crippen LogP contribution in [-0.4, -0.2) is 12.4 Å². The van der Waals surface area contributed by atoms with Crippen molar-refractivity contribution < 1.29 is 9.47 Å². The second kappa shape index (κ2) is 7.96. The van der Waals surface area contributed by atoms with Gasteiger partial charge in [-0.15, -0.1) is 0 Å². The molecule has 0 spiro atoms. The molecule has 0 aliphatic carbocycles. The fraction of sp³-hybridized carbons (Fsp3) is 0.368. The first-order chi connectivity index (χ1) is 10.2. The van der Waals surface area contributed by atoms with Gasteiger partial charge in [-0.05, 0) is 37.8 Å². The molecule has 0 aromatic heterocycles. The molecular formula is C19H24O2. The number of hydrogen-bond acceptors (Lipinski definition) is 2. The van der Waals surface area contributed by atoms with Gasteiger partial charge in [0.05, 0.1) is 13.2 Å². The summed E-state index contributed by atoms with van der Waals surface area (Å²) in [5.41, 5.74) is 2.52. The summed E-state index contributed by atoms with van der Waals surface area (Å²) in [6.45, 7) is 5.22. The average Bonchev–Trinajstić information content (AvgIpc) is 2.52. The van der Waals surface area contributed by atoms with Crippen LogP contribution in [0.1, 0.15) is 31.4 Å². The Kier molecular flexibility index (Phi) is 5.97. The number of benzene rings is 2. The molecule has 2 aromatic rings. The van der Waals surface area contributed by atoms with Gasteiger partial charge < -0.3 is 9.47 Å². The number of hydrogen-bond donors (Lipinski definition) is 0. The van der Waals surface area contributed by atoms with Gasteiger partial charge in [-0.3, -0.25) is 0 Å². The molecule has 0 saturated carbocycles. The third kappa shape index (κ3) is 6.11. The maximum Gasteiger partial charge on any atom is 0.163 e. The van der Waals surface area contributed by atoms with Gasteiger partial charge >= 0.3 is 0 Å². The van der Waals surface area contributed by atoms with Crippen molar-refractivity contribution in [3.63, 3.8) is 0 Å². The molecule has 0 bridgehead atoms. The molecule has 2 rings (SSSR count). The Morgan fingerprint density at radius 1 is 0.762 bits per heavy atom. The Morgan fingerprint density at radius 2 is 1.33 bits per heavy atom. The summed E-state index contributed by atoms with van der Waals surface area (Å²) in [7, 11) is 0. The number of rotatable bonds is 8. The highest BCUT2D eigenvalue weighted by atomic mass is 16.7. The average molecular weight is 284 g/mol. The zero-order valence-corrected chi connectivity index (χ0v) is 12.9. The van der Waals surface area contributed by atoms with Crippen molar-refractivity contribution in [2.24, 2.45) is 0 Å². The highest BCUT2D eigenvalue weighted by Crippen LogP contribution is 2.15. The van der Waals surface area contributed by atoms with Crippen LogP contribution in [0.15, 0.2) is 60.7 Å². The summed E-state index contributed by atoms with van der Waals surface area (Å²) in [6, 6.07) is 20.7. The van der Waals surface area contributed by atoms with E-state index >= 15 is 0 Å². The fourth-order valence-corrected chi connectivity index (χ4v) is 2.11. The van der Waals surface area contributed by atoms with Gasteiger partial charge in [0.1, 0.15) is 0 Å². The molecule has 0 N–H and O–H groups in total.